The molecule has 0 fully saturated rings. The first-order valence-electron chi connectivity index (χ1n) is 6.78. The predicted molar refractivity (Wildman–Crippen MR) is 80.2 cm³/mol. The SMILES string of the molecule is CCN(CC(C)(C)O)C(=O)c1cc(F)ccc1C#CCN. The summed E-state index contributed by atoms with van der Waals surface area (Å²) in [6.07, 6.45) is 0. The van der Waals surface area contributed by atoms with Gasteiger partial charge in [0.25, 0.3) is 5.91 Å². The summed E-state index contributed by atoms with van der Waals surface area (Å²) in [7, 11) is 0. The molecule has 1 amide bonds. The van der Waals surface area contributed by atoms with Crippen LogP contribution in [0.25, 0.3) is 0 Å². The minimum absolute atomic E-state index is 0.155. The number of benzene rings is 1. The van der Waals surface area contributed by atoms with E-state index in [1.807, 2.05) is 0 Å². The number of nitrogens with two attached hydrogens (primary N) is 1. The van der Waals surface area contributed by atoms with Crippen molar-refractivity contribution in [2.45, 2.75) is 26.4 Å². The van der Waals surface area contributed by atoms with Gasteiger partial charge in [0.2, 0.25) is 0 Å². The quantitative estimate of drug-likeness (QED) is 0.824. The largest absolute Gasteiger partial charge is 0.389 e. The molecule has 114 valence electrons. The molecule has 0 aliphatic heterocycles. The summed E-state index contributed by atoms with van der Waals surface area (Å²) in [5.74, 6) is 4.57. The van der Waals surface area contributed by atoms with E-state index in [9.17, 15) is 14.3 Å². The number of rotatable bonds is 4. The van der Waals surface area contributed by atoms with Crippen LogP contribution in [0.4, 0.5) is 4.39 Å². The van der Waals surface area contributed by atoms with Gasteiger partial charge in [0.1, 0.15) is 5.82 Å². The van der Waals surface area contributed by atoms with Crippen molar-refractivity contribution in [3.05, 3.63) is 35.1 Å². The van der Waals surface area contributed by atoms with Gasteiger partial charge in [-0.15, -0.1) is 0 Å². The Labute approximate surface area is 124 Å². The maximum atomic E-state index is 13.4. The van der Waals surface area contributed by atoms with Crippen LogP contribution in [0.15, 0.2) is 18.2 Å². The molecule has 0 saturated heterocycles. The second-order valence-corrected chi connectivity index (χ2v) is 5.33. The average molecular weight is 292 g/mol. The van der Waals surface area contributed by atoms with Crippen molar-refractivity contribution < 1.29 is 14.3 Å². The van der Waals surface area contributed by atoms with Gasteiger partial charge in [-0.05, 0) is 39.0 Å². The molecular weight excluding hydrogens is 271 g/mol. The third kappa shape index (κ3) is 5.18. The van der Waals surface area contributed by atoms with E-state index < -0.39 is 11.4 Å². The third-order valence-electron chi connectivity index (χ3n) is 2.78. The molecule has 21 heavy (non-hydrogen) atoms. The molecular formula is C16H21FN2O2. The summed E-state index contributed by atoms with van der Waals surface area (Å²) in [5.41, 5.74) is 4.91. The minimum atomic E-state index is -1.03. The Bertz CT molecular complexity index is 568. The highest BCUT2D eigenvalue weighted by Crippen LogP contribution is 2.15. The van der Waals surface area contributed by atoms with Crippen LogP contribution in [0.5, 0.6) is 0 Å². The second kappa shape index (κ2) is 7.21. The Morgan fingerprint density at radius 3 is 2.67 bits per heavy atom. The van der Waals surface area contributed by atoms with Gasteiger partial charge in [-0.1, -0.05) is 11.8 Å². The van der Waals surface area contributed by atoms with E-state index in [0.717, 1.165) is 6.07 Å². The zero-order chi connectivity index (χ0) is 16.0. The molecule has 5 heteroatoms. The number of hydrogen-bond donors (Lipinski definition) is 2. The molecule has 0 aliphatic carbocycles. The van der Waals surface area contributed by atoms with Crippen LogP contribution in [0.2, 0.25) is 0 Å². The lowest BCUT2D eigenvalue weighted by Gasteiger charge is -2.28. The number of carbonyl (C=O) groups excluding carboxylic acids is 1. The fourth-order valence-electron chi connectivity index (χ4n) is 1.91. The highest BCUT2D eigenvalue weighted by molar-refractivity contribution is 5.96. The van der Waals surface area contributed by atoms with Gasteiger partial charge in [-0.2, -0.15) is 0 Å². The van der Waals surface area contributed by atoms with E-state index >= 15 is 0 Å². The molecule has 0 radical (unpaired) electrons. The number of halogens is 1. The van der Waals surface area contributed by atoms with Gasteiger partial charge >= 0.3 is 0 Å². The van der Waals surface area contributed by atoms with Crippen molar-refractivity contribution in [2.75, 3.05) is 19.6 Å². The third-order valence-corrected chi connectivity index (χ3v) is 2.78. The van der Waals surface area contributed by atoms with Crippen molar-refractivity contribution >= 4 is 5.91 Å². The van der Waals surface area contributed by atoms with Crippen LogP contribution >= 0.6 is 0 Å². The van der Waals surface area contributed by atoms with Gasteiger partial charge in [0.15, 0.2) is 0 Å². The van der Waals surface area contributed by atoms with Crippen LogP contribution in [0.3, 0.4) is 0 Å². The molecule has 1 aromatic carbocycles. The second-order valence-electron chi connectivity index (χ2n) is 5.33. The Hall–Kier alpha value is -1.90. The number of carbonyl (C=O) groups is 1. The fraction of sp³-hybridized carbons (Fsp3) is 0.438. The van der Waals surface area contributed by atoms with Crippen molar-refractivity contribution in [3.8, 4) is 11.8 Å². The normalized spacial score (nSPS) is 10.8. The van der Waals surface area contributed by atoms with Gasteiger partial charge in [-0.25, -0.2) is 4.39 Å². The molecule has 0 aliphatic rings. The van der Waals surface area contributed by atoms with Gasteiger partial charge in [-0.3, -0.25) is 4.79 Å². The number of nitrogens with zero attached hydrogens (tertiary/aromatic N) is 1. The Kier molecular flexibility index (Phi) is 5.89. The molecule has 3 N–H and O–H groups in total. The van der Waals surface area contributed by atoms with E-state index in [1.54, 1.807) is 20.8 Å². The lowest BCUT2D eigenvalue weighted by molar-refractivity contribution is 0.0314. The number of amides is 1. The number of hydrogen-bond acceptors (Lipinski definition) is 3. The molecule has 0 spiro atoms. The van der Waals surface area contributed by atoms with E-state index in [1.165, 1.54) is 17.0 Å². The molecule has 1 aromatic rings. The fourth-order valence-corrected chi connectivity index (χ4v) is 1.91. The van der Waals surface area contributed by atoms with Gasteiger partial charge in [0, 0.05) is 18.7 Å². The summed E-state index contributed by atoms with van der Waals surface area (Å²) >= 11 is 0. The van der Waals surface area contributed by atoms with Crippen molar-refractivity contribution in [1.29, 1.82) is 0 Å². The molecule has 4 nitrogen and oxygen atoms in total. The van der Waals surface area contributed by atoms with Crippen LogP contribution in [-0.4, -0.2) is 41.1 Å². The summed E-state index contributed by atoms with van der Waals surface area (Å²) in [5, 5.41) is 9.87. The molecule has 0 saturated carbocycles. The van der Waals surface area contributed by atoms with Crippen LogP contribution < -0.4 is 5.73 Å². The van der Waals surface area contributed by atoms with E-state index in [0.29, 0.717) is 12.1 Å². The first-order chi connectivity index (χ1) is 9.78. The minimum Gasteiger partial charge on any atom is -0.389 e. The predicted octanol–water partition coefficient (Wildman–Crippen LogP) is 1.37. The van der Waals surface area contributed by atoms with Crippen molar-refractivity contribution in [2.24, 2.45) is 5.73 Å². The molecule has 0 aromatic heterocycles. The smallest absolute Gasteiger partial charge is 0.255 e. The lowest BCUT2D eigenvalue weighted by atomic mass is 10.0. The molecule has 1 rings (SSSR count). The Morgan fingerprint density at radius 2 is 2.14 bits per heavy atom. The maximum absolute atomic E-state index is 13.4. The topological polar surface area (TPSA) is 66.6 Å². The van der Waals surface area contributed by atoms with E-state index in [2.05, 4.69) is 11.8 Å². The summed E-state index contributed by atoms with van der Waals surface area (Å²) in [6.45, 7) is 5.75. The van der Waals surface area contributed by atoms with Crippen LogP contribution in [0.1, 0.15) is 36.7 Å². The maximum Gasteiger partial charge on any atom is 0.255 e. The van der Waals surface area contributed by atoms with Crippen LogP contribution in [-0.2, 0) is 0 Å². The van der Waals surface area contributed by atoms with Crippen molar-refractivity contribution in [3.63, 3.8) is 0 Å². The highest BCUT2D eigenvalue weighted by Gasteiger charge is 2.24. The standard InChI is InChI=1S/C16H21FN2O2/c1-4-19(11-16(2,3)21)15(20)14-10-13(17)8-7-12(14)6-5-9-18/h7-8,10,21H,4,9,11,18H2,1-3H3. The summed E-state index contributed by atoms with van der Waals surface area (Å²) in [6, 6.07) is 3.88. The zero-order valence-electron chi connectivity index (χ0n) is 12.6. The number of aliphatic hydroxyl groups is 1. The zero-order valence-corrected chi connectivity index (χ0v) is 12.6. The molecule has 0 unspecified atom stereocenters. The molecule has 0 atom stereocenters. The Balaban J connectivity index is 3.17. The average Bonchev–Trinajstić information content (AvgIpc) is 2.41. The molecule has 0 bridgehead atoms. The van der Waals surface area contributed by atoms with Gasteiger partial charge in [0.05, 0.1) is 17.7 Å². The summed E-state index contributed by atoms with van der Waals surface area (Å²) in [4.78, 5) is 14.0. The van der Waals surface area contributed by atoms with E-state index in [4.69, 9.17) is 5.73 Å². The number of likely N-dealkylation sites (N-methyl/N-ethyl adjacent to an activating group) is 1. The van der Waals surface area contributed by atoms with Crippen molar-refractivity contribution in [1.82, 2.24) is 4.90 Å². The van der Waals surface area contributed by atoms with Gasteiger partial charge < -0.3 is 15.7 Å². The van der Waals surface area contributed by atoms with Crippen LogP contribution in [0, 0.1) is 17.7 Å². The molecule has 0 heterocycles. The summed E-state index contributed by atoms with van der Waals surface area (Å²) < 4.78 is 13.4. The lowest BCUT2D eigenvalue weighted by Crippen LogP contribution is -2.42. The van der Waals surface area contributed by atoms with E-state index in [-0.39, 0.29) is 24.6 Å². The monoisotopic (exact) mass is 292 g/mol. The highest BCUT2D eigenvalue weighted by atomic mass is 19.1. The first-order valence-corrected chi connectivity index (χ1v) is 6.78. The Morgan fingerprint density at radius 1 is 1.48 bits per heavy atom. The first kappa shape index (κ1) is 17.2.